The summed E-state index contributed by atoms with van der Waals surface area (Å²) in [7, 11) is 0. The number of ether oxygens (including phenoxy) is 1. The van der Waals surface area contributed by atoms with E-state index in [0.29, 0.717) is 5.69 Å². The van der Waals surface area contributed by atoms with Crippen molar-refractivity contribution in [2.24, 2.45) is 0 Å². The summed E-state index contributed by atoms with van der Waals surface area (Å²) in [6.07, 6.45) is -3.52. The van der Waals surface area contributed by atoms with Gasteiger partial charge in [-0.1, -0.05) is 18.2 Å². The molecule has 1 aromatic carbocycles. The Balaban J connectivity index is 1.82. The zero-order valence-corrected chi connectivity index (χ0v) is 18.7. The van der Waals surface area contributed by atoms with Crippen LogP contribution in [-0.2, 0) is 22.3 Å². The molecule has 8 nitrogen and oxygen atoms in total. The van der Waals surface area contributed by atoms with Crippen LogP contribution in [0.4, 0.5) is 19.0 Å². The molecule has 1 amide bonds. The summed E-state index contributed by atoms with van der Waals surface area (Å²) < 4.78 is 46.5. The number of aryl methyl sites for hydroxylation is 1. The molecule has 0 bridgehead atoms. The molecule has 0 saturated heterocycles. The maximum atomic E-state index is 13.0. The summed E-state index contributed by atoms with van der Waals surface area (Å²) in [5.74, 6) is -1.09. The zero-order valence-electron chi connectivity index (χ0n) is 17.1. The number of nitrogens with zero attached hydrogens (tertiary/aromatic N) is 4. The average molecular weight is 514 g/mol. The van der Waals surface area contributed by atoms with E-state index in [9.17, 15) is 22.8 Å². The van der Waals surface area contributed by atoms with Crippen molar-refractivity contribution in [3.05, 3.63) is 58.0 Å². The lowest BCUT2D eigenvalue weighted by Gasteiger charge is -2.11. The number of aromatic nitrogens is 4. The minimum atomic E-state index is -4.62. The number of alkyl halides is 3. The number of para-hydroxylation sites is 1. The zero-order chi connectivity index (χ0) is 23.5. The van der Waals surface area contributed by atoms with Crippen molar-refractivity contribution in [3.8, 4) is 5.69 Å². The summed E-state index contributed by atoms with van der Waals surface area (Å²) in [6.45, 7) is 3.16. The van der Waals surface area contributed by atoms with Gasteiger partial charge in [0.05, 0.1) is 35.2 Å². The lowest BCUT2D eigenvalue weighted by Crippen LogP contribution is -2.20. The number of anilines is 1. The van der Waals surface area contributed by atoms with E-state index in [2.05, 4.69) is 31.4 Å². The second kappa shape index (κ2) is 9.55. The number of rotatable bonds is 7. The number of benzene rings is 1. The molecule has 0 aliphatic carbocycles. The van der Waals surface area contributed by atoms with Gasteiger partial charge in [-0.25, -0.2) is 9.48 Å². The fraction of sp³-hybridized carbons (Fsp3) is 0.300. The normalized spacial score (nSPS) is 11.4. The van der Waals surface area contributed by atoms with Gasteiger partial charge < -0.3 is 10.1 Å². The highest BCUT2D eigenvalue weighted by molar-refractivity contribution is 9.10. The van der Waals surface area contributed by atoms with Gasteiger partial charge in [0.25, 0.3) is 0 Å². The molecule has 0 radical (unpaired) electrons. The van der Waals surface area contributed by atoms with Crippen LogP contribution in [0.3, 0.4) is 0 Å². The molecule has 0 unspecified atom stereocenters. The van der Waals surface area contributed by atoms with E-state index in [1.807, 2.05) is 0 Å². The standard InChI is InChI=1S/C20H19BrF3N5O3/c1-3-32-19(31)14-11-25-29(13-7-5-4-6-8-13)18(14)26-15(30)9-10-28-12(2)16(21)17(27-28)20(22,23)24/h4-8,11H,3,9-10H2,1-2H3,(H,26,30). The van der Waals surface area contributed by atoms with Crippen LogP contribution in [0.5, 0.6) is 0 Å². The predicted molar refractivity (Wildman–Crippen MR) is 112 cm³/mol. The topological polar surface area (TPSA) is 91.0 Å². The third-order valence-electron chi connectivity index (χ3n) is 4.48. The highest BCUT2D eigenvalue weighted by Gasteiger charge is 2.38. The Morgan fingerprint density at radius 2 is 1.91 bits per heavy atom. The highest BCUT2D eigenvalue weighted by Crippen LogP contribution is 2.35. The van der Waals surface area contributed by atoms with Crippen molar-refractivity contribution in [1.29, 1.82) is 0 Å². The first-order chi connectivity index (χ1) is 15.1. The van der Waals surface area contributed by atoms with Crippen LogP contribution in [0.25, 0.3) is 5.69 Å². The number of amides is 1. The number of nitrogens with one attached hydrogen (secondary N) is 1. The quantitative estimate of drug-likeness (QED) is 0.474. The summed E-state index contributed by atoms with van der Waals surface area (Å²) >= 11 is 2.90. The van der Waals surface area contributed by atoms with Gasteiger partial charge in [0.1, 0.15) is 5.56 Å². The Hall–Kier alpha value is -3.15. The van der Waals surface area contributed by atoms with Crippen LogP contribution in [-0.4, -0.2) is 38.0 Å². The summed E-state index contributed by atoms with van der Waals surface area (Å²) in [4.78, 5) is 24.9. The molecule has 0 atom stereocenters. The number of esters is 1. The monoisotopic (exact) mass is 513 g/mol. The minimum Gasteiger partial charge on any atom is -0.462 e. The molecule has 32 heavy (non-hydrogen) atoms. The largest absolute Gasteiger partial charge is 0.462 e. The first-order valence-corrected chi connectivity index (χ1v) is 10.3. The molecule has 2 aromatic heterocycles. The third kappa shape index (κ3) is 5.01. The third-order valence-corrected chi connectivity index (χ3v) is 5.43. The van der Waals surface area contributed by atoms with E-state index in [0.717, 1.165) is 4.68 Å². The fourth-order valence-corrected chi connectivity index (χ4v) is 3.43. The van der Waals surface area contributed by atoms with Gasteiger partial charge >= 0.3 is 12.1 Å². The Morgan fingerprint density at radius 1 is 1.22 bits per heavy atom. The second-order valence-corrected chi connectivity index (χ2v) is 7.43. The Labute approximate surface area is 189 Å². The Bertz CT molecular complexity index is 1130. The highest BCUT2D eigenvalue weighted by atomic mass is 79.9. The first-order valence-electron chi connectivity index (χ1n) is 9.54. The number of carbonyl (C=O) groups excluding carboxylic acids is 2. The van der Waals surface area contributed by atoms with Crippen LogP contribution in [0.15, 0.2) is 41.0 Å². The van der Waals surface area contributed by atoms with E-state index in [1.54, 1.807) is 37.3 Å². The van der Waals surface area contributed by atoms with Crippen molar-refractivity contribution in [3.63, 3.8) is 0 Å². The summed E-state index contributed by atoms with van der Waals surface area (Å²) in [5.41, 5.74) is -0.157. The van der Waals surface area contributed by atoms with Crippen LogP contribution in [0.2, 0.25) is 0 Å². The van der Waals surface area contributed by atoms with Gasteiger partial charge in [-0.2, -0.15) is 23.4 Å². The van der Waals surface area contributed by atoms with E-state index >= 15 is 0 Å². The number of halogens is 4. The van der Waals surface area contributed by atoms with Crippen molar-refractivity contribution >= 4 is 33.6 Å². The molecular formula is C20H19BrF3N5O3. The van der Waals surface area contributed by atoms with Gasteiger partial charge in [0.2, 0.25) is 5.91 Å². The van der Waals surface area contributed by atoms with Crippen LogP contribution in [0, 0.1) is 6.92 Å². The van der Waals surface area contributed by atoms with Gasteiger partial charge in [0, 0.05) is 6.42 Å². The molecule has 0 spiro atoms. The van der Waals surface area contributed by atoms with Gasteiger partial charge in [-0.3, -0.25) is 9.48 Å². The van der Waals surface area contributed by atoms with Crippen molar-refractivity contribution in [2.45, 2.75) is 33.0 Å². The lowest BCUT2D eigenvalue weighted by atomic mass is 10.3. The second-order valence-electron chi connectivity index (χ2n) is 6.64. The van der Waals surface area contributed by atoms with Gasteiger partial charge in [0.15, 0.2) is 11.5 Å². The number of hydrogen-bond acceptors (Lipinski definition) is 5. The Kier molecular flexibility index (Phi) is 7.02. The minimum absolute atomic E-state index is 0.0569. The molecule has 12 heteroatoms. The number of hydrogen-bond donors (Lipinski definition) is 1. The molecule has 170 valence electrons. The average Bonchev–Trinajstić information content (AvgIpc) is 3.28. The smallest absolute Gasteiger partial charge is 0.436 e. The van der Waals surface area contributed by atoms with Gasteiger partial charge in [-0.15, -0.1) is 0 Å². The molecule has 1 N–H and O–H groups in total. The van der Waals surface area contributed by atoms with E-state index in [4.69, 9.17) is 4.74 Å². The van der Waals surface area contributed by atoms with Gasteiger partial charge in [-0.05, 0) is 41.9 Å². The molecule has 0 aliphatic heterocycles. The van der Waals surface area contributed by atoms with Crippen LogP contribution < -0.4 is 5.32 Å². The predicted octanol–water partition coefficient (Wildman–Crippen LogP) is 4.36. The first kappa shape index (κ1) is 23.5. The maximum Gasteiger partial charge on any atom is 0.436 e. The molecule has 2 heterocycles. The van der Waals surface area contributed by atoms with Crippen LogP contribution in [0.1, 0.15) is 35.1 Å². The molecule has 0 fully saturated rings. The SMILES string of the molecule is CCOC(=O)c1cnn(-c2ccccc2)c1NC(=O)CCn1nc(C(F)(F)F)c(Br)c1C. The summed E-state index contributed by atoms with van der Waals surface area (Å²) in [6, 6.07) is 8.81. The summed E-state index contributed by atoms with van der Waals surface area (Å²) in [5, 5.41) is 10.4. The van der Waals surface area contributed by atoms with Crippen molar-refractivity contribution in [1.82, 2.24) is 19.6 Å². The van der Waals surface area contributed by atoms with Crippen LogP contribution >= 0.6 is 15.9 Å². The van der Waals surface area contributed by atoms with Crippen molar-refractivity contribution < 1.29 is 27.5 Å². The van der Waals surface area contributed by atoms with E-state index in [1.165, 1.54) is 17.8 Å². The Morgan fingerprint density at radius 3 is 2.50 bits per heavy atom. The molecule has 3 rings (SSSR count). The van der Waals surface area contributed by atoms with E-state index in [-0.39, 0.29) is 41.1 Å². The molecular weight excluding hydrogens is 495 g/mol. The molecule has 3 aromatic rings. The maximum absolute atomic E-state index is 13.0. The van der Waals surface area contributed by atoms with Crippen molar-refractivity contribution in [2.75, 3.05) is 11.9 Å². The fourth-order valence-electron chi connectivity index (χ4n) is 2.92. The number of carbonyl (C=O) groups is 2. The lowest BCUT2D eigenvalue weighted by molar-refractivity contribution is -0.142. The van der Waals surface area contributed by atoms with E-state index < -0.39 is 23.7 Å². The molecule has 0 saturated carbocycles. The molecule has 0 aliphatic rings.